The molecule has 5 nitrogen and oxygen atoms in total. The Morgan fingerprint density at radius 2 is 1.88 bits per heavy atom. The van der Waals surface area contributed by atoms with Crippen LogP contribution in [0.5, 0.6) is 0 Å². The van der Waals surface area contributed by atoms with Crippen LogP contribution >= 0.6 is 11.6 Å². The molecule has 2 rings (SSSR count). The van der Waals surface area contributed by atoms with Gasteiger partial charge in [-0.1, -0.05) is 30.3 Å². The average molecular weight is 353 g/mol. The summed E-state index contributed by atoms with van der Waals surface area (Å²) in [5, 5.41) is 2.92. The van der Waals surface area contributed by atoms with Crippen molar-refractivity contribution in [2.24, 2.45) is 0 Å². The Balaban J connectivity index is 1.81. The Morgan fingerprint density at radius 3 is 2.46 bits per heavy atom. The minimum absolute atomic E-state index is 0.00712. The molecule has 2 amide bonds. The Morgan fingerprint density at radius 1 is 1.21 bits per heavy atom. The van der Waals surface area contributed by atoms with Crippen molar-refractivity contribution in [2.75, 3.05) is 12.4 Å². The normalized spacial score (nSPS) is 20.2. The summed E-state index contributed by atoms with van der Waals surface area (Å²) in [5.74, 6) is -0.137. The number of amides is 2. The number of hydrogen-bond acceptors (Lipinski definition) is 3. The Labute approximate surface area is 148 Å². The lowest BCUT2D eigenvalue weighted by Gasteiger charge is -2.35. The molecule has 24 heavy (non-hydrogen) atoms. The zero-order valence-electron chi connectivity index (χ0n) is 14.0. The second-order valence-electron chi connectivity index (χ2n) is 6.03. The van der Waals surface area contributed by atoms with Gasteiger partial charge in [0.1, 0.15) is 12.5 Å². The lowest BCUT2D eigenvalue weighted by Crippen LogP contribution is -2.46. The van der Waals surface area contributed by atoms with Crippen LogP contribution in [0.25, 0.3) is 0 Å². The van der Waals surface area contributed by atoms with Crippen LogP contribution in [0.4, 0.5) is 4.79 Å². The SMILES string of the molecule is CCN(C(=O)OCc1ccccc1)C1CCC(NC(=O)CCl)CC1. The standard InChI is InChI=1S/C18H25ClN2O3/c1-2-21(18(23)24-13-14-6-4-3-5-7-14)16-10-8-15(9-11-16)20-17(22)12-19/h3-7,15-16H,2,8-13H2,1H3,(H,20,22). The van der Waals surface area contributed by atoms with Gasteiger partial charge in [0.2, 0.25) is 5.91 Å². The molecule has 6 heteroatoms. The Kier molecular flexibility index (Phi) is 7.37. The van der Waals surface area contributed by atoms with Gasteiger partial charge in [0, 0.05) is 18.6 Å². The number of carbonyl (C=O) groups is 2. The van der Waals surface area contributed by atoms with E-state index < -0.39 is 0 Å². The summed E-state index contributed by atoms with van der Waals surface area (Å²) < 4.78 is 5.44. The molecule has 1 aromatic carbocycles. The quantitative estimate of drug-likeness (QED) is 0.799. The van der Waals surface area contributed by atoms with E-state index in [0.29, 0.717) is 6.54 Å². The van der Waals surface area contributed by atoms with Crippen molar-refractivity contribution < 1.29 is 14.3 Å². The van der Waals surface area contributed by atoms with Gasteiger partial charge in [0.15, 0.2) is 0 Å². The molecular weight excluding hydrogens is 328 g/mol. The third kappa shape index (κ3) is 5.41. The summed E-state index contributed by atoms with van der Waals surface area (Å²) in [4.78, 5) is 25.5. The number of nitrogens with zero attached hydrogens (tertiary/aromatic N) is 1. The molecule has 1 aromatic rings. The first kappa shape index (κ1) is 18.6. The molecular formula is C18H25ClN2O3. The highest BCUT2D eigenvalue weighted by molar-refractivity contribution is 6.27. The third-order valence-corrected chi connectivity index (χ3v) is 4.65. The van der Waals surface area contributed by atoms with E-state index in [1.807, 2.05) is 37.3 Å². The van der Waals surface area contributed by atoms with Crippen LogP contribution in [0.3, 0.4) is 0 Å². The molecule has 0 aliphatic heterocycles. The maximum atomic E-state index is 12.4. The van der Waals surface area contributed by atoms with Crippen molar-refractivity contribution >= 4 is 23.6 Å². The van der Waals surface area contributed by atoms with Crippen molar-refractivity contribution in [1.29, 1.82) is 0 Å². The summed E-state index contributed by atoms with van der Waals surface area (Å²) in [6.07, 6.45) is 3.17. The number of carbonyl (C=O) groups excluding carboxylic acids is 2. The van der Waals surface area contributed by atoms with Crippen LogP contribution in [-0.2, 0) is 16.1 Å². The van der Waals surface area contributed by atoms with Crippen LogP contribution in [0.15, 0.2) is 30.3 Å². The maximum absolute atomic E-state index is 12.4. The molecule has 132 valence electrons. The maximum Gasteiger partial charge on any atom is 0.410 e. The summed E-state index contributed by atoms with van der Waals surface area (Å²) in [6, 6.07) is 10.00. The molecule has 1 saturated carbocycles. The summed E-state index contributed by atoms with van der Waals surface area (Å²) in [6.45, 7) is 2.87. The summed E-state index contributed by atoms with van der Waals surface area (Å²) in [5.41, 5.74) is 0.981. The molecule has 1 N–H and O–H groups in total. The minimum atomic E-state index is -0.269. The van der Waals surface area contributed by atoms with Crippen molar-refractivity contribution in [2.45, 2.75) is 51.3 Å². The van der Waals surface area contributed by atoms with E-state index in [1.54, 1.807) is 4.90 Å². The van der Waals surface area contributed by atoms with Gasteiger partial charge in [-0.2, -0.15) is 0 Å². The van der Waals surface area contributed by atoms with Crippen LogP contribution < -0.4 is 5.32 Å². The monoisotopic (exact) mass is 352 g/mol. The van der Waals surface area contributed by atoms with Gasteiger partial charge in [-0.25, -0.2) is 4.79 Å². The zero-order chi connectivity index (χ0) is 17.4. The molecule has 0 radical (unpaired) electrons. The smallest absolute Gasteiger partial charge is 0.410 e. The lowest BCUT2D eigenvalue weighted by atomic mass is 9.90. The molecule has 0 unspecified atom stereocenters. The topological polar surface area (TPSA) is 58.6 Å². The van der Waals surface area contributed by atoms with Crippen molar-refractivity contribution in [3.8, 4) is 0 Å². The zero-order valence-corrected chi connectivity index (χ0v) is 14.8. The second kappa shape index (κ2) is 9.52. The number of halogens is 1. The molecule has 0 bridgehead atoms. The van der Waals surface area contributed by atoms with Gasteiger partial charge in [0.25, 0.3) is 0 Å². The van der Waals surface area contributed by atoms with E-state index in [4.69, 9.17) is 16.3 Å². The Hall–Kier alpha value is -1.75. The van der Waals surface area contributed by atoms with Crippen molar-refractivity contribution in [1.82, 2.24) is 10.2 Å². The highest BCUT2D eigenvalue weighted by Crippen LogP contribution is 2.24. The molecule has 0 heterocycles. The van der Waals surface area contributed by atoms with Crippen LogP contribution in [0.2, 0.25) is 0 Å². The first-order valence-electron chi connectivity index (χ1n) is 8.46. The largest absolute Gasteiger partial charge is 0.445 e. The van der Waals surface area contributed by atoms with Gasteiger partial charge in [-0.3, -0.25) is 4.79 Å². The fourth-order valence-corrected chi connectivity index (χ4v) is 3.21. The first-order valence-corrected chi connectivity index (χ1v) is 9.00. The van der Waals surface area contributed by atoms with Crippen LogP contribution in [0.1, 0.15) is 38.2 Å². The fraction of sp³-hybridized carbons (Fsp3) is 0.556. The van der Waals surface area contributed by atoms with E-state index in [-0.39, 0.29) is 36.6 Å². The van der Waals surface area contributed by atoms with Crippen molar-refractivity contribution in [3.05, 3.63) is 35.9 Å². The predicted octanol–water partition coefficient (Wildman–Crippen LogP) is 3.31. The van der Waals surface area contributed by atoms with E-state index in [9.17, 15) is 9.59 Å². The summed E-state index contributed by atoms with van der Waals surface area (Å²) >= 11 is 5.52. The van der Waals surface area contributed by atoms with E-state index in [1.165, 1.54) is 0 Å². The first-order chi connectivity index (χ1) is 11.6. The minimum Gasteiger partial charge on any atom is -0.445 e. The number of hydrogen-bond donors (Lipinski definition) is 1. The third-order valence-electron chi connectivity index (χ3n) is 4.40. The van der Waals surface area contributed by atoms with E-state index in [2.05, 4.69) is 5.32 Å². The van der Waals surface area contributed by atoms with Crippen LogP contribution in [-0.4, -0.2) is 41.4 Å². The molecule has 1 aliphatic rings. The number of benzene rings is 1. The highest BCUT2D eigenvalue weighted by Gasteiger charge is 2.29. The number of ether oxygens (including phenoxy) is 1. The van der Waals surface area contributed by atoms with E-state index in [0.717, 1.165) is 31.2 Å². The fourth-order valence-electron chi connectivity index (χ4n) is 3.14. The number of alkyl halides is 1. The molecule has 1 fully saturated rings. The van der Waals surface area contributed by atoms with Gasteiger partial charge < -0.3 is 15.0 Å². The van der Waals surface area contributed by atoms with Crippen LogP contribution in [0, 0.1) is 0 Å². The predicted molar refractivity (Wildman–Crippen MR) is 93.9 cm³/mol. The molecule has 0 aromatic heterocycles. The molecule has 0 spiro atoms. The van der Waals surface area contributed by atoms with Gasteiger partial charge in [-0.05, 0) is 38.2 Å². The van der Waals surface area contributed by atoms with Crippen molar-refractivity contribution in [3.63, 3.8) is 0 Å². The molecule has 1 aliphatic carbocycles. The Bertz CT molecular complexity index is 530. The average Bonchev–Trinajstić information content (AvgIpc) is 2.62. The van der Waals surface area contributed by atoms with Gasteiger partial charge >= 0.3 is 6.09 Å². The van der Waals surface area contributed by atoms with E-state index >= 15 is 0 Å². The second-order valence-corrected chi connectivity index (χ2v) is 6.30. The number of nitrogens with one attached hydrogen (secondary N) is 1. The summed E-state index contributed by atoms with van der Waals surface area (Å²) in [7, 11) is 0. The van der Waals surface area contributed by atoms with Gasteiger partial charge in [-0.15, -0.1) is 11.6 Å². The molecule has 0 saturated heterocycles. The van der Waals surface area contributed by atoms with Gasteiger partial charge in [0.05, 0.1) is 0 Å². The number of rotatable bonds is 6. The lowest BCUT2D eigenvalue weighted by molar-refractivity contribution is -0.119. The highest BCUT2D eigenvalue weighted by atomic mass is 35.5. The molecule has 0 atom stereocenters.